The zero-order chi connectivity index (χ0) is 13.3. The standard InChI is InChI=1S/C7H10F3N2O4P/c1-12-6(16-17(13,14-2)15-3)4-5(11-12)7(8,9)10/h4H,1-3H3. The second kappa shape index (κ2) is 4.67. The van der Waals surface area contributed by atoms with E-state index < -0.39 is 19.7 Å². The van der Waals surface area contributed by atoms with Gasteiger partial charge in [0.05, 0.1) is 0 Å². The molecule has 0 aliphatic carbocycles. The molecule has 0 N–H and O–H groups in total. The van der Waals surface area contributed by atoms with Gasteiger partial charge in [-0.2, -0.15) is 18.3 Å². The Morgan fingerprint density at radius 2 is 1.88 bits per heavy atom. The minimum Gasteiger partial charge on any atom is -0.386 e. The summed E-state index contributed by atoms with van der Waals surface area (Å²) in [5, 5.41) is 3.17. The van der Waals surface area contributed by atoms with Gasteiger partial charge in [0.25, 0.3) is 0 Å². The molecule has 1 aromatic heterocycles. The predicted molar refractivity (Wildman–Crippen MR) is 50.5 cm³/mol. The highest BCUT2D eigenvalue weighted by atomic mass is 31.2. The Labute approximate surface area is 94.9 Å². The van der Waals surface area contributed by atoms with E-state index in [0.717, 1.165) is 18.9 Å². The van der Waals surface area contributed by atoms with Crippen molar-refractivity contribution in [3.63, 3.8) is 0 Å². The maximum Gasteiger partial charge on any atom is 0.530 e. The number of rotatable bonds is 4. The second-order valence-corrected chi connectivity index (χ2v) is 4.70. The SMILES string of the molecule is COP(=O)(OC)Oc1cc(C(F)(F)F)nn1C. The summed E-state index contributed by atoms with van der Waals surface area (Å²) in [5.41, 5.74) is -1.16. The molecule has 0 saturated carbocycles. The van der Waals surface area contributed by atoms with Gasteiger partial charge in [0.15, 0.2) is 5.69 Å². The van der Waals surface area contributed by atoms with Crippen LogP contribution < -0.4 is 4.52 Å². The Balaban J connectivity index is 3.01. The molecule has 0 fully saturated rings. The molecule has 0 aliphatic heterocycles. The Morgan fingerprint density at radius 3 is 2.24 bits per heavy atom. The molecule has 0 spiro atoms. The van der Waals surface area contributed by atoms with Crippen LogP contribution in [0.3, 0.4) is 0 Å². The normalized spacial score (nSPS) is 12.8. The summed E-state index contributed by atoms with van der Waals surface area (Å²) in [5.74, 6) is -0.371. The number of phosphoric ester groups is 1. The first kappa shape index (κ1) is 14.0. The highest BCUT2D eigenvalue weighted by Crippen LogP contribution is 2.48. The molecule has 6 nitrogen and oxygen atoms in total. The smallest absolute Gasteiger partial charge is 0.386 e. The van der Waals surface area contributed by atoms with Crippen LogP contribution in [0.1, 0.15) is 5.69 Å². The summed E-state index contributed by atoms with van der Waals surface area (Å²) >= 11 is 0. The van der Waals surface area contributed by atoms with Crippen LogP contribution in [-0.2, 0) is 26.8 Å². The Kier molecular flexibility index (Phi) is 3.85. The van der Waals surface area contributed by atoms with Crippen molar-refractivity contribution < 1.29 is 31.3 Å². The first-order chi connectivity index (χ1) is 7.72. The van der Waals surface area contributed by atoms with E-state index in [4.69, 9.17) is 4.52 Å². The minimum absolute atomic E-state index is 0.371. The van der Waals surface area contributed by atoms with Crippen LogP contribution in [0.5, 0.6) is 5.88 Å². The number of halogens is 3. The van der Waals surface area contributed by atoms with Crippen molar-refractivity contribution >= 4 is 7.82 Å². The van der Waals surface area contributed by atoms with E-state index >= 15 is 0 Å². The topological polar surface area (TPSA) is 62.6 Å². The summed E-state index contributed by atoms with van der Waals surface area (Å²) in [6.07, 6.45) is -4.61. The van der Waals surface area contributed by atoms with Gasteiger partial charge in [0, 0.05) is 27.3 Å². The first-order valence-corrected chi connectivity index (χ1v) is 5.70. The fourth-order valence-corrected chi connectivity index (χ4v) is 1.64. The quantitative estimate of drug-likeness (QED) is 0.788. The van der Waals surface area contributed by atoms with Gasteiger partial charge < -0.3 is 4.52 Å². The molecule has 10 heteroatoms. The maximum absolute atomic E-state index is 12.3. The van der Waals surface area contributed by atoms with Crippen LogP contribution in [0.15, 0.2) is 6.07 Å². The summed E-state index contributed by atoms with van der Waals surface area (Å²) in [6, 6.07) is 0.602. The molecule has 0 radical (unpaired) electrons. The number of hydrogen-bond donors (Lipinski definition) is 0. The number of aryl methyl sites for hydroxylation is 1. The van der Waals surface area contributed by atoms with E-state index in [-0.39, 0.29) is 5.88 Å². The lowest BCUT2D eigenvalue weighted by Gasteiger charge is -2.13. The lowest BCUT2D eigenvalue weighted by Crippen LogP contribution is -2.06. The van der Waals surface area contributed by atoms with E-state index in [1.807, 2.05) is 0 Å². The van der Waals surface area contributed by atoms with Gasteiger partial charge in [-0.15, -0.1) is 0 Å². The number of phosphoric acid groups is 1. The maximum atomic E-state index is 12.3. The highest BCUT2D eigenvalue weighted by Gasteiger charge is 2.36. The zero-order valence-corrected chi connectivity index (χ0v) is 10.1. The fraction of sp³-hybridized carbons (Fsp3) is 0.571. The Hall–Kier alpha value is -1.05. The van der Waals surface area contributed by atoms with Gasteiger partial charge in [-0.1, -0.05) is 0 Å². The second-order valence-electron chi connectivity index (χ2n) is 2.89. The van der Waals surface area contributed by atoms with E-state index in [1.165, 1.54) is 7.05 Å². The predicted octanol–water partition coefficient (Wildman–Crippen LogP) is 2.22. The average molecular weight is 274 g/mol. The van der Waals surface area contributed by atoms with Crippen molar-refractivity contribution in [3.05, 3.63) is 11.8 Å². The van der Waals surface area contributed by atoms with Gasteiger partial charge in [-0.05, 0) is 0 Å². The molecule has 1 rings (SSSR count). The Morgan fingerprint density at radius 1 is 1.35 bits per heavy atom. The molecule has 1 heterocycles. The summed E-state index contributed by atoms with van der Waals surface area (Å²) < 4.78 is 62.8. The van der Waals surface area contributed by atoms with Crippen LogP contribution in [0.2, 0.25) is 0 Å². The first-order valence-electron chi connectivity index (χ1n) is 4.24. The van der Waals surface area contributed by atoms with Crippen molar-refractivity contribution in [2.24, 2.45) is 7.05 Å². The Bertz CT molecular complexity index is 437. The third-order valence-corrected chi connectivity index (χ3v) is 3.08. The third-order valence-electron chi connectivity index (χ3n) is 1.78. The van der Waals surface area contributed by atoms with Crippen LogP contribution >= 0.6 is 7.82 Å². The van der Waals surface area contributed by atoms with Crippen molar-refractivity contribution in [3.8, 4) is 5.88 Å². The molecule has 0 bridgehead atoms. The third kappa shape index (κ3) is 3.21. The van der Waals surface area contributed by atoms with Crippen LogP contribution in [0, 0.1) is 0 Å². The monoisotopic (exact) mass is 274 g/mol. The van der Waals surface area contributed by atoms with Crippen molar-refractivity contribution in [1.82, 2.24) is 9.78 Å². The van der Waals surface area contributed by atoms with Crippen molar-refractivity contribution in [1.29, 1.82) is 0 Å². The van der Waals surface area contributed by atoms with E-state index in [1.54, 1.807) is 0 Å². The minimum atomic E-state index is -4.61. The van der Waals surface area contributed by atoms with Crippen LogP contribution in [-0.4, -0.2) is 24.0 Å². The average Bonchev–Trinajstić information content (AvgIpc) is 2.60. The van der Waals surface area contributed by atoms with E-state index in [2.05, 4.69) is 14.1 Å². The molecule has 0 saturated heterocycles. The molecular formula is C7H10F3N2O4P. The lowest BCUT2D eigenvalue weighted by atomic mass is 10.4. The molecule has 0 aliphatic rings. The van der Waals surface area contributed by atoms with E-state index in [9.17, 15) is 17.7 Å². The van der Waals surface area contributed by atoms with Crippen molar-refractivity contribution in [2.45, 2.75) is 6.18 Å². The van der Waals surface area contributed by atoms with Gasteiger partial charge in [-0.3, -0.25) is 9.05 Å². The number of alkyl halides is 3. The van der Waals surface area contributed by atoms with Crippen LogP contribution in [0.4, 0.5) is 13.2 Å². The fourth-order valence-electron chi connectivity index (χ4n) is 0.938. The zero-order valence-electron chi connectivity index (χ0n) is 9.19. The molecule has 17 heavy (non-hydrogen) atoms. The van der Waals surface area contributed by atoms with Gasteiger partial charge in [0.2, 0.25) is 5.88 Å². The van der Waals surface area contributed by atoms with Gasteiger partial charge >= 0.3 is 14.0 Å². The molecule has 98 valence electrons. The van der Waals surface area contributed by atoms with Gasteiger partial charge in [-0.25, -0.2) is 9.25 Å². The highest BCUT2D eigenvalue weighted by molar-refractivity contribution is 7.48. The van der Waals surface area contributed by atoms with Crippen LogP contribution in [0.25, 0.3) is 0 Å². The van der Waals surface area contributed by atoms with Gasteiger partial charge in [0.1, 0.15) is 0 Å². The molecular weight excluding hydrogens is 264 g/mol. The number of hydrogen-bond acceptors (Lipinski definition) is 5. The van der Waals surface area contributed by atoms with E-state index in [0.29, 0.717) is 6.07 Å². The molecule has 0 atom stereocenters. The lowest BCUT2D eigenvalue weighted by molar-refractivity contribution is -0.141. The number of nitrogens with zero attached hydrogens (tertiary/aromatic N) is 2. The number of aromatic nitrogens is 2. The molecule has 0 aromatic carbocycles. The molecule has 0 unspecified atom stereocenters. The molecule has 1 aromatic rings. The van der Waals surface area contributed by atoms with Crippen molar-refractivity contribution in [2.75, 3.05) is 14.2 Å². The summed E-state index contributed by atoms with van der Waals surface area (Å²) in [7, 11) is -0.595. The summed E-state index contributed by atoms with van der Waals surface area (Å²) in [4.78, 5) is 0. The molecule has 0 amide bonds. The summed E-state index contributed by atoms with van der Waals surface area (Å²) in [6.45, 7) is 0. The largest absolute Gasteiger partial charge is 0.530 e.